The van der Waals surface area contributed by atoms with Crippen molar-refractivity contribution in [2.75, 3.05) is 5.32 Å². The smallest absolute Gasteiger partial charge is 0.139 e. The van der Waals surface area contributed by atoms with Gasteiger partial charge in [0.2, 0.25) is 0 Å². The van der Waals surface area contributed by atoms with Crippen LogP contribution in [0, 0.1) is 0 Å². The molecule has 0 aromatic carbocycles. The van der Waals surface area contributed by atoms with E-state index in [0.29, 0.717) is 6.04 Å². The Balaban J connectivity index is 1.40. The first kappa shape index (κ1) is 17.3. The number of nitrogens with one attached hydrogen (secondary N) is 2. The number of anilines is 1. The molecule has 0 amide bonds. The van der Waals surface area contributed by atoms with E-state index in [1.165, 1.54) is 5.57 Å². The molecule has 32 heavy (non-hydrogen) atoms. The van der Waals surface area contributed by atoms with Crippen LogP contribution in [0.4, 0.5) is 5.69 Å². The van der Waals surface area contributed by atoms with E-state index in [-0.39, 0.29) is 0 Å². The third kappa shape index (κ3) is 2.64. The second-order valence-corrected chi connectivity index (χ2v) is 8.06. The van der Waals surface area contributed by atoms with Gasteiger partial charge < -0.3 is 10.3 Å². The molecule has 0 saturated heterocycles. The van der Waals surface area contributed by atoms with E-state index >= 15 is 0 Å². The maximum Gasteiger partial charge on any atom is 0.139 e. The lowest BCUT2D eigenvalue weighted by atomic mass is 9.99. The van der Waals surface area contributed by atoms with E-state index in [1.807, 2.05) is 49.1 Å². The number of fused-ring (bicyclic) bond motifs is 3. The second kappa shape index (κ2) is 6.55. The topological polar surface area (TPSA) is 92.3 Å². The Labute approximate surface area is 183 Å². The molecule has 7 nitrogen and oxygen atoms in total. The number of hydrogen-bond acceptors (Lipinski definition) is 6. The number of hydrogen-bond donors (Lipinski definition) is 2. The zero-order valence-corrected chi connectivity index (χ0v) is 16.9. The van der Waals surface area contributed by atoms with E-state index < -0.39 is 0 Å². The van der Waals surface area contributed by atoms with Crippen LogP contribution >= 0.6 is 0 Å². The Hall–Kier alpha value is -4.39. The van der Waals surface area contributed by atoms with Gasteiger partial charge in [0.05, 0.1) is 40.9 Å². The van der Waals surface area contributed by atoms with Crippen molar-refractivity contribution in [2.24, 2.45) is 0 Å². The molecule has 5 aromatic heterocycles. The Morgan fingerprint density at radius 2 is 1.78 bits per heavy atom. The van der Waals surface area contributed by atoms with Crippen molar-refractivity contribution in [3.63, 3.8) is 0 Å². The van der Waals surface area contributed by atoms with Gasteiger partial charge in [0, 0.05) is 53.2 Å². The van der Waals surface area contributed by atoms with Crippen molar-refractivity contribution in [1.29, 1.82) is 0 Å². The number of pyridine rings is 4. The summed E-state index contributed by atoms with van der Waals surface area (Å²) in [6.07, 6.45) is 13.8. The molecule has 1 fully saturated rings. The molecular weight excluding hydrogens is 398 g/mol. The highest BCUT2D eigenvalue weighted by molar-refractivity contribution is 5.97. The molecule has 7 heteroatoms. The van der Waals surface area contributed by atoms with Crippen LogP contribution in [-0.2, 0) is 0 Å². The van der Waals surface area contributed by atoms with Crippen LogP contribution < -0.4 is 5.32 Å². The maximum atomic E-state index is 5.06. The van der Waals surface area contributed by atoms with Crippen molar-refractivity contribution < 1.29 is 0 Å². The van der Waals surface area contributed by atoms with Gasteiger partial charge in [-0.05, 0) is 47.9 Å². The number of H-pyrrole nitrogens is 1. The number of nitrogens with zero attached hydrogens (tertiary/aromatic N) is 5. The summed E-state index contributed by atoms with van der Waals surface area (Å²) >= 11 is 0. The quantitative estimate of drug-likeness (QED) is 0.451. The number of aromatic amines is 1. The molecule has 152 valence electrons. The molecule has 7 rings (SSSR count). The second-order valence-electron chi connectivity index (χ2n) is 8.06. The molecule has 1 aliphatic carbocycles. The molecule has 1 saturated carbocycles. The van der Waals surface area contributed by atoms with Gasteiger partial charge >= 0.3 is 0 Å². The fraction of sp³-hybridized carbons (Fsp3) is 0.0800. The van der Waals surface area contributed by atoms with Crippen molar-refractivity contribution in [2.45, 2.75) is 12.5 Å². The summed E-state index contributed by atoms with van der Waals surface area (Å²) in [5.41, 5.74) is 10.4. The van der Waals surface area contributed by atoms with Gasteiger partial charge in [-0.2, -0.15) is 0 Å². The lowest BCUT2D eigenvalue weighted by Gasteiger charge is -2.18. The zero-order valence-electron chi connectivity index (χ0n) is 16.9. The van der Waals surface area contributed by atoms with Crippen LogP contribution in [0.25, 0.3) is 39.0 Å². The lowest BCUT2D eigenvalue weighted by molar-refractivity contribution is 1.14. The van der Waals surface area contributed by atoms with Gasteiger partial charge in [-0.15, -0.1) is 0 Å². The normalized spacial score (nSPS) is 16.4. The first-order valence-corrected chi connectivity index (χ1v) is 10.5. The van der Waals surface area contributed by atoms with E-state index in [0.717, 1.165) is 62.5 Å². The Bertz CT molecular complexity index is 1520. The average molecular weight is 415 g/mol. The largest absolute Gasteiger partial charge is 0.376 e. The predicted octanol–water partition coefficient (Wildman–Crippen LogP) is 4.48. The predicted molar refractivity (Wildman–Crippen MR) is 123 cm³/mol. The summed E-state index contributed by atoms with van der Waals surface area (Å²) in [6, 6.07) is 10.4. The van der Waals surface area contributed by atoms with E-state index in [4.69, 9.17) is 4.98 Å². The fourth-order valence-corrected chi connectivity index (χ4v) is 4.46. The molecule has 5 aromatic rings. The van der Waals surface area contributed by atoms with E-state index in [2.05, 4.69) is 36.3 Å². The van der Waals surface area contributed by atoms with Crippen LogP contribution in [0.2, 0.25) is 0 Å². The van der Waals surface area contributed by atoms with Gasteiger partial charge in [-0.3, -0.25) is 19.9 Å². The third-order valence-corrected chi connectivity index (χ3v) is 6.09. The van der Waals surface area contributed by atoms with Crippen molar-refractivity contribution in [3.8, 4) is 22.4 Å². The fourth-order valence-electron chi connectivity index (χ4n) is 4.46. The highest BCUT2D eigenvalue weighted by Gasteiger charge is 2.40. The van der Waals surface area contributed by atoms with Crippen LogP contribution in [0.15, 0.2) is 79.3 Å². The first-order chi connectivity index (χ1) is 15.8. The third-order valence-electron chi connectivity index (χ3n) is 6.09. The number of imidazole rings is 1. The Kier molecular flexibility index (Phi) is 3.54. The number of rotatable bonds is 3. The standard InChI is InChI=1S/C25H17N7/c1-2-15(10-27-5-1)19-8-17-21(13-29-19)30-20-9-16(20)23(17)25-31-22-12-28-11-18(24(22)32-25)14-3-6-26-7-4-14/h1-8,10-13,20,30H,9H2,(H,31,32). The van der Waals surface area contributed by atoms with Gasteiger partial charge in [0.1, 0.15) is 5.82 Å². The molecule has 0 spiro atoms. The SMILES string of the molecule is c1cncc(-c2cc3c(cn2)NC2CC2=C3c2nc3c(-c4ccncc4)cncc3[nH]2)c1. The van der Waals surface area contributed by atoms with Crippen molar-refractivity contribution in [3.05, 3.63) is 90.7 Å². The Morgan fingerprint density at radius 1 is 0.844 bits per heavy atom. The molecular formula is C25H17N7. The summed E-state index contributed by atoms with van der Waals surface area (Å²) in [4.78, 5) is 26.1. The van der Waals surface area contributed by atoms with Crippen LogP contribution in [-0.4, -0.2) is 35.9 Å². The summed E-state index contributed by atoms with van der Waals surface area (Å²) < 4.78 is 0. The molecule has 1 unspecified atom stereocenters. The maximum absolute atomic E-state index is 5.06. The van der Waals surface area contributed by atoms with E-state index in [9.17, 15) is 0 Å². The first-order valence-electron chi connectivity index (χ1n) is 10.5. The van der Waals surface area contributed by atoms with Gasteiger partial charge in [0.25, 0.3) is 0 Å². The van der Waals surface area contributed by atoms with Crippen LogP contribution in [0.5, 0.6) is 0 Å². The zero-order chi connectivity index (χ0) is 21.1. The highest BCUT2D eigenvalue weighted by atomic mass is 15.0. The molecule has 1 aliphatic heterocycles. The summed E-state index contributed by atoms with van der Waals surface area (Å²) in [5.74, 6) is 0.867. The van der Waals surface area contributed by atoms with Crippen molar-refractivity contribution >= 4 is 22.3 Å². The molecule has 0 bridgehead atoms. The monoisotopic (exact) mass is 415 g/mol. The summed E-state index contributed by atoms with van der Waals surface area (Å²) in [7, 11) is 0. The summed E-state index contributed by atoms with van der Waals surface area (Å²) in [6.45, 7) is 0. The van der Waals surface area contributed by atoms with Gasteiger partial charge in [-0.1, -0.05) is 0 Å². The molecule has 6 heterocycles. The van der Waals surface area contributed by atoms with Gasteiger partial charge in [0.15, 0.2) is 0 Å². The molecule has 0 radical (unpaired) electrons. The van der Waals surface area contributed by atoms with E-state index in [1.54, 1.807) is 18.6 Å². The van der Waals surface area contributed by atoms with Gasteiger partial charge in [-0.25, -0.2) is 4.98 Å². The summed E-state index contributed by atoms with van der Waals surface area (Å²) in [5, 5.41) is 3.59. The van der Waals surface area contributed by atoms with Crippen LogP contribution in [0.1, 0.15) is 17.8 Å². The molecule has 2 N–H and O–H groups in total. The minimum atomic E-state index is 0.356. The Morgan fingerprint density at radius 3 is 2.66 bits per heavy atom. The van der Waals surface area contributed by atoms with Crippen LogP contribution in [0.3, 0.4) is 0 Å². The lowest BCUT2D eigenvalue weighted by Crippen LogP contribution is -2.11. The van der Waals surface area contributed by atoms with Crippen molar-refractivity contribution in [1.82, 2.24) is 29.9 Å². The highest BCUT2D eigenvalue weighted by Crippen LogP contribution is 2.48. The molecule has 2 aliphatic rings. The average Bonchev–Trinajstić information content (AvgIpc) is 3.49. The molecule has 1 atom stereocenters. The minimum absolute atomic E-state index is 0.356. The minimum Gasteiger partial charge on any atom is -0.376 e. The number of aromatic nitrogens is 6.